The third-order valence-electron chi connectivity index (χ3n) is 5.28. The number of hydrogen-bond acceptors (Lipinski definition) is 4. The fraction of sp³-hybridized carbons (Fsp3) is 0.571. The van der Waals surface area contributed by atoms with Crippen LogP contribution in [-0.4, -0.2) is 29.7 Å². The molecule has 0 bridgehead atoms. The minimum absolute atomic E-state index is 0.363. The van der Waals surface area contributed by atoms with Crippen LogP contribution in [-0.2, 0) is 6.54 Å². The smallest absolute Gasteiger partial charge is 0.154 e. The zero-order chi connectivity index (χ0) is 17.8. The number of hydrogen-bond donors (Lipinski definition) is 0. The Kier molecular flexibility index (Phi) is 5.79. The third kappa shape index (κ3) is 4.06. The highest BCUT2D eigenvalue weighted by atomic mass is 16.5. The molecule has 1 aliphatic rings. The van der Waals surface area contributed by atoms with Gasteiger partial charge in [-0.3, -0.25) is 4.90 Å². The van der Waals surface area contributed by atoms with Crippen LogP contribution in [0.4, 0.5) is 5.69 Å². The summed E-state index contributed by atoms with van der Waals surface area (Å²) in [6.45, 7) is 12.9. The Bertz CT molecular complexity index is 658. The van der Waals surface area contributed by atoms with E-state index in [0.717, 1.165) is 44.1 Å². The minimum atomic E-state index is 0.363. The van der Waals surface area contributed by atoms with Crippen LogP contribution in [0.15, 0.2) is 34.9 Å². The van der Waals surface area contributed by atoms with Gasteiger partial charge in [-0.15, -0.1) is 0 Å². The maximum atomic E-state index is 5.66. The zero-order valence-electron chi connectivity index (χ0n) is 16.0. The second-order valence-electron chi connectivity index (χ2n) is 7.28. The van der Waals surface area contributed by atoms with Crippen molar-refractivity contribution in [2.24, 2.45) is 0 Å². The number of benzene rings is 1. The third-order valence-corrected chi connectivity index (χ3v) is 5.28. The van der Waals surface area contributed by atoms with Crippen molar-refractivity contribution in [3.8, 4) is 0 Å². The predicted octanol–water partition coefficient (Wildman–Crippen LogP) is 4.98. The summed E-state index contributed by atoms with van der Waals surface area (Å²) < 4.78 is 5.66. The number of anilines is 1. The number of likely N-dealkylation sites (tertiary alicyclic amines) is 1. The topological polar surface area (TPSA) is 32.5 Å². The highest BCUT2D eigenvalue weighted by molar-refractivity contribution is 5.47. The van der Waals surface area contributed by atoms with Gasteiger partial charge in [-0.2, -0.15) is 0 Å². The first-order valence-electron chi connectivity index (χ1n) is 9.66. The van der Waals surface area contributed by atoms with E-state index in [4.69, 9.17) is 4.52 Å². The van der Waals surface area contributed by atoms with E-state index >= 15 is 0 Å². The average molecular weight is 341 g/mol. The summed E-state index contributed by atoms with van der Waals surface area (Å²) in [6.07, 6.45) is 2.38. The normalized spacial score (nSPS) is 18.2. The summed E-state index contributed by atoms with van der Waals surface area (Å²) >= 11 is 0. The molecule has 0 unspecified atom stereocenters. The van der Waals surface area contributed by atoms with E-state index in [-0.39, 0.29) is 0 Å². The number of rotatable bonds is 7. The molecule has 1 fully saturated rings. The molecule has 3 rings (SSSR count). The molecule has 2 heterocycles. The highest BCUT2D eigenvalue weighted by Crippen LogP contribution is 2.34. The molecule has 0 N–H and O–H groups in total. The molecular weight excluding hydrogens is 310 g/mol. The van der Waals surface area contributed by atoms with Gasteiger partial charge in [0.25, 0.3) is 0 Å². The second kappa shape index (κ2) is 8.05. The van der Waals surface area contributed by atoms with Gasteiger partial charge in [-0.05, 0) is 56.8 Å². The first-order valence-corrected chi connectivity index (χ1v) is 9.66. The van der Waals surface area contributed by atoms with E-state index in [0.29, 0.717) is 12.0 Å². The molecule has 0 aliphatic carbocycles. The van der Waals surface area contributed by atoms with Gasteiger partial charge in [-0.25, -0.2) is 0 Å². The molecule has 2 aromatic rings. The number of aromatic nitrogens is 1. The highest BCUT2D eigenvalue weighted by Gasteiger charge is 2.29. The Hall–Kier alpha value is -1.81. The average Bonchev–Trinajstić information content (AvgIpc) is 3.26. The summed E-state index contributed by atoms with van der Waals surface area (Å²) in [4.78, 5) is 4.90. The fourth-order valence-corrected chi connectivity index (χ4v) is 3.71. The summed E-state index contributed by atoms with van der Waals surface area (Å²) in [5.74, 6) is 1.45. The van der Waals surface area contributed by atoms with Crippen LogP contribution in [0.3, 0.4) is 0 Å². The fourth-order valence-electron chi connectivity index (χ4n) is 3.71. The molecule has 1 saturated heterocycles. The molecule has 0 spiro atoms. The van der Waals surface area contributed by atoms with Crippen LogP contribution < -0.4 is 4.90 Å². The van der Waals surface area contributed by atoms with Gasteiger partial charge >= 0.3 is 0 Å². The summed E-state index contributed by atoms with van der Waals surface area (Å²) in [5.41, 5.74) is 3.74. The maximum absolute atomic E-state index is 5.66. The lowest BCUT2D eigenvalue weighted by molar-refractivity contribution is 0.206. The summed E-state index contributed by atoms with van der Waals surface area (Å²) in [6, 6.07) is 11.5. The molecule has 1 aromatic carbocycles. The van der Waals surface area contributed by atoms with E-state index in [9.17, 15) is 0 Å². The molecular formula is C21H31N3O. The van der Waals surface area contributed by atoms with E-state index in [1.54, 1.807) is 0 Å². The lowest BCUT2D eigenvalue weighted by Crippen LogP contribution is -2.23. The molecule has 1 atom stereocenters. The minimum Gasteiger partial charge on any atom is -0.372 e. The molecule has 1 aromatic heterocycles. The van der Waals surface area contributed by atoms with Crippen molar-refractivity contribution < 1.29 is 4.52 Å². The van der Waals surface area contributed by atoms with Crippen molar-refractivity contribution >= 4 is 5.69 Å². The molecule has 4 nitrogen and oxygen atoms in total. The van der Waals surface area contributed by atoms with E-state index < -0.39 is 0 Å². The molecule has 1 aliphatic heterocycles. The molecule has 4 heteroatoms. The van der Waals surface area contributed by atoms with Gasteiger partial charge in [0.2, 0.25) is 0 Å². The van der Waals surface area contributed by atoms with E-state index in [1.165, 1.54) is 17.7 Å². The van der Waals surface area contributed by atoms with E-state index in [1.807, 2.05) is 0 Å². The first-order chi connectivity index (χ1) is 12.1. The molecule has 0 saturated carbocycles. The van der Waals surface area contributed by atoms with Gasteiger partial charge in [-0.1, -0.05) is 31.1 Å². The maximum Gasteiger partial charge on any atom is 0.154 e. The van der Waals surface area contributed by atoms with Crippen molar-refractivity contribution in [3.05, 3.63) is 47.3 Å². The van der Waals surface area contributed by atoms with Crippen LogP contribution in [0.2, 0.25) is 0 Å². The van der Waals surface area contributed by atoms with Gasteiger partial charge < -0.3 is 9.42 Å². The Labute approximate surface area is 151 Å². The number of nitrogens with zero attached hydrogens (tertiary/aromatic N) is 3. The van der Waals surface area contributed by atoms with Crippen molar-refractivity contribution in [2.45, 2.75) is 59.0 Å². The molecule has 0 radical (unpaired) electrons. The lowest BCUT2D eigenvalue weighted by atomic mass is 10.1. The molecule has 0 amide bonds. The summed E-state index contributed by atoms with van der Waals surface area (Å²) in [5, 5.41) is 4.24. The second-order valence-corrected chi connectivity index (χ2v) is 7.28. The van der Waals surface area contributed by atoms with Crippen LogP contribution in [0.25, 0.3) is 0 Å². The van der Waals surface area contributed by atoms with Gasteiger partial charge in [0.1, 0.15) is 0 Å². The van der Waals surface area contributed by atoms with Gasteiger partial charge in [0.05, 0.1) is 11.7 Å². The monoisotopic (exact) mass is 341 g/mol. The zero-order valence-corrected chi connectivity index (χ0v) is 16.0. The van der Waals surface area contributed by atoms with Crippen LogP contribution in [0.1, 0.15) is 69.5 Å². The van der Waals surface area contributed by atoms with E-state index in [2.05, 4.69) is 73.0 Å². The van der Waals surface area contributed by atoms with Crippen LogP contribution in [0, 0.1) is 0 Å². The Morgan fingerprint density at radius 3 is 2.52 bits per heavy atom. The standard InChI is InChI=1S/C21H31N3O/c1-5-23(6-2)18-11-9-17(10-12-18)15-24-13-7-8-20(24)21-14-19(16(3)4)22-25-21/h9-12,14,16,20H,5-8,13,15H2,1-4H3/t20-/m1/s1. The molecule has 25 heavy (non-hydrogen) atoms. The van der Waals surface area contributed by atoms with Crippen LogP contribution in [0.5, 0.6) is 0 Å². The largest absolute Gasteiger partial charge is 0.372 e. The van der Waals surface area contributed by atoms with Crippen molar-refractivity contribution in [1.82, 2.24) is 10.1 Å². The SMILES string of the molecule is CCN(CC)c1ccc(CN2CCC[C@@H]2c2cc(C(C)C)no2)cc1. The Morgan fingerprint density at radius 1 is 1.20 bits per heavy atom. The van der Waals surface area contributed by atoms with Crippen molar-refractivity contribution in [1.29, 1.82) is 0 Å². The quantitative estimate of drug-likeness (QED) is 0.711. The van der Waals surface area contributed by atoms with Crippen molar-refractivity contribution in [3.63, 3.8) is 0 Å². The van der Waals surface area contributed by atoms with Crippen LogP contribution >= 0.6 is 0 Å². The Balaban J connectivity index is 1.68. The van der Waals surface area contributed by atoms with Gasteiger partial charge in [0.15, 0.2) is 5.76 Å². The van der Waals surface area contributed by atoms with Gasteiger partial charge in [0, 0.05) is 31.4 Å². The van der Waals surface area contributed by atoms with Crippen molar-refractivity contribution in [2.75, 3.05) is 24.5 Å². The summed E-state index contributed by atoms with van der Waals surface area (Å²) in [7, 11) is 0. The lowest BCUT2D eigenvalue weighted by Gasteiger charge is -2.24. The first kappa shape index (κ1) is 18.0. The molecule has 136 valence electrons. The Morgan fingerprint density at radius 2 is 1.92 bits per heavy atom. The predicted molar refractivity (Wildman–Crippen MR) is 103 cm³/mol.